The Morgan fingerprint density at radius 1 is 1.21 bits per heavy atom. The van der Waals surface area contributed by atoms with Gasteiger partial charge in [0.15, 0.2) is 0 Å². The Hall–Kier alpha value is -2.54. The van der Waals surface area contributed by atoms with Crippen molar-refractivity contribution >= 4 is 16.6 Å². The monoisotopic (exact) mass is 336 g/mol. The zero-order valence-corrected chi connectivity index (χ0v) is 12.8. The first-order valence-electron chi connectivity index (χ1n) is 7.23. The van der Waals surface area contributed by atoms with E-state index in [2.05, 4.69) is 10.3 Å². The number of pyridine rings is 1. The fraction of sp³-hybridized carbons (Fsp3) is 0.235. The lowest BCUT2D eigenvalue weighted by molar-refractivity contribution is -0.137. The number of furan rings is 1. The van der Waals surface area contributed by atoms with Crippen molar-refractivity contribution < 1.29 is 22.7 Å². The van der Waals surface area contributed by atoms with Crippen LogP contribution in [0.5, 0.6) is 0 Å². The van der Waals surface area contributed by atoms with E-state index in [1.807, 2.05) is 0 Å². The number of halogens is 3. The molecule has 1 atom stereocenters. The van der Waals surface area contributed by atoms with Crippen LogP contribution in [0.2, 0.25) is 0 Å². The molecule has 0 fully saturated rings. The Morgan fingerprint density at radius 3 is 2.67 bits per heavy atom. The third kappa shape index (κ3) is 3.21. The fourth-order valence-corrected chi connectivity index (χ4v) is 2.42. The lowest BCUT2D eigenvalue weighted by atomic mass is 10.0. The van der Waals surface area contributed by atoms with Crippen LogP contribution in [-0.4, -0.2) is 16.6 Å². The average molecular weight is 336 g/mol. The largest absolute Gasteiger partial charge is 0.466 e. The SMILES string of the molecule is CC(O)(CNc1ccnc2cc(C(F)(F)F)ccc12)c1ccco1. The van der Waals surface area contributed by atoms with Crippen molar-refractivity contribution in [2.75, 3.05) is 11.9 Å². The van der Waals surface area contributed by atoms with E-state index in [4.69, 9.17) is 4.42 Å². The number of alkyl halides is 3. The van der Waals surface area contributed by atoms with Gasteiger partial charge in [0.05, 0.1) is 23.9 Å². The zero-order valence-electron chi connectivity index (χ0n) is 12.8. The van der Waals surface area contributed by atoms with Gasteiger partial charge in [-0.3, -0.25) is 4.98 Å². The second-order valence-corrected chi connectivity index (χ2v) is 5.69. The van der Waals surface area contributed by atoms with E-state index >= 15 is 0 Å². The number of aromatic nitrogens is 1. The van der Waals surface area contributed by atoms with Crippen molar-refractivity contribution in [2.45, 2.75) is 18.7 Å². The maximum absolute atomic E-state index is 12.8. The fourth-order valence-electron chi connectivity index (χ4n) is 2.42. The summed E-state index contributed by atoms with van der Waals surface area (Å²) in [6.45, 7) is 1.71. The van der Waals surface area contributed by atoms with Crippen LogP contribution in [0.25, 0.3) is 10.9 Å². The van der Waals surface area contributed by atoms with Crippen LogP contribution >= 0.6 is 0 Å². The molecule has 126 valence electrons. The van der Waals surface area contributed by atoms with E-state index in [-0.39, 0.29) is 12.1 Å². The molecule has 2 heterocycles. The molecular formula is C17H15F3N2O2. The smallest absolute Gasteiger partial charge is 0.416 e. The molecule has 4 nitrogen and oxygen atoms in total. The summed E-state index contributed by atoms with van der Waals surface area (Å²) in [6.07, 6.45) is -1.53. The molecule has 1 aromatic carbocycles. The Kier molecular flexibility index (Phi) is 3.96. The number of benzene rings is 1. The summed E-state index contributed by atoms with van der Waals surface area (Å²) in [5.74, 6) is 0.396. The molecule has 3 rings (SSSR count). The normalized spacial score (nSPS) is 14.5. The second kappa shape index (κ2) is 5.83. The summed E-state index contributed by atoms with van der Waals surface area (Å²) in [7, 11) is 0. The van der Waals surface area contributed by atoms with E-state index in [0.29, 0.717) is 16.8 Å². The van der Waals surface area contributed by atoms with Crippen molar-refractivity contribution in [2.24, 2.45) is 0 Å². The first-order valence-corrected chi connectivity index (χ1v) is 7.23. The van der Waals surface area contributed by atoms with Gasteiger partial charge in [-0.25, -0.2) is 0 Å². The molecule has 2 N–H and O–H groups in total. The molecule has 0 amide bonds. The minimum absolute atomic E-state index is 0.126. The minimum Gasteiger partial charge on any atom is -0.466 e. The number of fused-ring (bicyclic) bond motifs is 1. The Labute approximate surface area is 135 Å². The maximum atomic E-state index is 12.8. The van der Waals surface area contributed by atoms with Crippen LogP contribution in [0.15, 0.2) is 53.3 Å². The van der Waals surface area contributed by atoms with Crippen LogP contribution < -0.4 is 5.32 Å². The summed E-state index contributed by atoms with van der Waals surface area (Å²) in [5, 5.41) is 14.0. The predicted octanol–water partition coefficient (Wildman–Crippen LogP) is 4.17. The van der Waals surface area contributed by atoms with Gasteiger partial charge in [-0.15, -0.1) is 0 Å². The Balaban J connectivity index is 1.88. The quantitative estimate of drug-likeness (QED) is 0.751. The highest BCUT2D eigenvalue weighted by Gasteiger charge is 2.31. The van der Waals surface area contributed by atoms with Gasteiger partial charge in [-0.1, -0.05) is 6.07 Å². The molecule has 0 radical (unpaired) electrons. The molecule has 0 aliphatic heterocycles. The topological polar surface area (TPSA) is 58.3 Å². The molecule has 0 aliphatic carbocycles. The molecule has 3 aromatic rings. The molecule has 0 spiro atoms. The molecule has 1 unspecified atom stereocenters. The van der Waals surface area contributed by atoms with Crippen LogP contribution in [0, 0.1) is 0 Å². The van der Waals surface area contributed by atoms with E-state index in [1.54, 1.807) is 25.1 Å². The van der Waals surface area contributed by atoms with Crippen molar-refractivity contribution in [1.82, 2.24) is 4.98 Å². The molecule has 0 bridgehead atoms. The van der Waals surface area contributed by atoms with Crippen LogP contribution in [0.3, 0.4) is 0 Å². The summed E-state index contributed by atoms with van der Waals surface area (Å²) in [5.41, 5.74) is -1.19. The third-order valence-corrected chi connectivity index (χ3v) is 3.75. The first-order chi connectivity index (χ1) is 11.3. The molecule has 0 saturated heterocycles. The van der Waals surface area contributed by atoms with Crippen molar-refractivity contribution in [3.63, 3.8) is 0 Å². The summed E-state index contributed by atoms with van der Waals surface area (Å²) in [6, 6.07) is 8.36. The van der Waals surface area contributed by atoms with Crippen molar-refractivity contribution in [3.05, 3.63) is 60.2 Å². The minimum atomic E-state index is -4.41. The van der Waals surface area contributed by atoms with Gasteiger partial charge in [0.1, 0.15) is 11.4 Å². The number of hydrogen-bond donors (Lipinski definition) is 2. The van der Waals surface area contributed by atoms with Crippen LogP contribution in [0.4, 0.5) is 18.9 Å². The zero-order chi connectivity index (χ0) is 17.4. The van der Waals surface area contributed by atoms with Gasteiger partial charge in [-0.2, -0.15) is 13.2 Å². The van der Waals surface area contributed by atoms with E-state index < -0.39 is 17.3 Å². The predicted molar refractivity (Wildman–Crippen MR) is 83.5 cm³/mol. The highest BCUT2D eigenvalue weighted by atomic mass is 19.4. The van der Waals surface area contributed by atoms with Crippen LogP contribution in [-0.2, 0) is 11.8 Å². The Bertz CT molecular complexity index is 843. The van der Waals surface area contributed by atoms with Gasteiger partial charge < -0.3 is 14.8 Å². The lowest BCUT2D eigenvalue weighted by Gasteiger charge is -2.22. The third-order valence-electron chi connectivity index (χ3n) is 3.75. The van der Waals surface area contributed by atoms with E-state index in [0.717, 1.165) is 12.1 Å². The maximum Gasteiger partial charge on any atom is 0.416 e. The van der Waals surface area contributed by atoms with Gasteiger partial charge in [0.25, 0.3) is 0 Å². The molecular weight excluding hydrogens is 321 g/mol. The summed E-state index contributed by atoms with van der Waals surface area (Å²) >= 11 is 0. The molecule has 2 aromatic heterocycles. The van der Waals surface area contributed by atoms with Crippen molar-refractivity contribution in [1.29, 1.82) is 0 Å². The Morgan fingerprint density at radius 2 is 2.00 bits per heavy atom. The lowest BCUT2D eigenvalue weighted by Crippen LogP contribution is -2.30. The van der Waals surface area contributed by atoms with Crippen LogP contribution in [0.1, 0.15) is 18.2 Å². The van der Waals surface area contributed by atoms with E-state index in [1.165, 1.54) is 18.5 Å². The van der Waals surface area contributed by atoms with Gasteiger partial charge in [0, 0.05) is 17.3 Å². The number of hydrogen-bond acceptors (Lipinski definition) is 4. The molecule has 7 heteroatoms. The number of anilines is 1. The highest BCUT2D eigenvalue weighted by Crippen LogP contribution is 2.33. The van der Waals surface area contributed by atoms with Crippen molar-refractivity contribution in [3.8, 4) is 0 Å². The first kappa shape index (κ1) is 16.3. The summed E-state index contributed by atoms with van der Waals surface area (Å²) in [4.78, 5) is 3.99. The number of aliphatic hydroxyl groups is 1. The highest BCUT2D eigenvalue weighted by molar-refractivity contribution is 5.91. The van der Waals surface area contributed by atoms with Gasteiger partial charge in [-0.05, 0) is 37.3 Å². The van der Waals surface area contributed by atoms with E-state index in [9.17, 15) is 18.3 Å². The second-order valence-electron chi connectivity index (χ2n) is 5.69. The average Bonchev–Trinajstić information content (AvgIpc) is 3.07. The standard InChI is InChI=1S/C17H15F3N2O2/c1-16(23,15-3-2-8-24-15)10-22-13-6-7-21-14-9-11(17(18,19)20)4-5-12(13)14/h2-9,23H,10H2,1H3,(H,21,22). The van der Waals surface area contributed by atoms with Gasteiger partial charge in [0.2, 0.25) is 0 Å². The number of nitrogens with one attached hydrogen (secondary N) is 1. The van der Waals surface area contributed by atoms with Gasteiger partial charge >= 0.3 is 6.18 Å². The summed E-state index contributed by atoms with van der Waals surface area (Å²) < 4.78 is 43.6. The molecule has 0 saturated carbocycles. The molecule has 0 aliphatic rings. The number of nitrogens with zero attached hydrogens (tertiary/aromatic N) is 1. The molecule has 24 heavy (non-hydrogen) atoms. The number of rotatable bonds is 4.